The third-order valence-electron chi connectivity index (χ3n) is 3.56. The fourth-order valence-corrected chi connectivity index (χ4v) is 3.36. The minimum atomic E-state index is -3.06. The molecule has 0 saturated heterocycles. The second-order valence-corrected chi connectivity index (χ2v) is 9.85. The van der Waals surface area contributed by atoms with Gasteiger partial charge in [0.25, 0.3) is 0 Å². The molecule has 0 spiro atoms. The van der Waals surface area contributed by atoms with E-state index in [9.17, 15) is 8.42 Å². The molecular formula is C16H32O2S. The van der Waals surface area contributed by atoms with Crippen LogP contribution in [0.4, 0.5) is 0 Å². The minimum Gasteiger partial charge on any atom is -0.224 e. The van der Waals surface area contributed by atoms with Crippen LogP contribution in [0.15, 0.2) is 11.5 Å². The van der Waals surface area contributed by atoms with Crippen molar-refractivity contribution in [1.29, 1.82) is 0 Å². The smallest absolute Gasteiger partial charge is 0.171 e. The van der Waals surface area contributed by atoms with Gasteiger partial charge in [-0.2, -0.15) is 0 Å². The van der Waals surface area contributed by atoms with E-state index in [1.54, 1.807) is 0 Å². The summed E-state index contributed by atoms with van der Waals surface area (Å²) in [6.45, 7) is 14.9. The third kappa shape index (κ3) is 10.2. The molecule has 0 aromatic heterocycles. The van der Waals surface area contributed by atoms with Crippen LogP contribution < -0.4 is 0 Å². The highest BCUT2D eigenvalue weighted by Crippen LogP contribution is 2.27. The van der Waals surface area contributed by atoms with Gasteiger partial charge in [-0.05, 0) is 36.0 Å². The topological polar surface area (TPSA) is 34.1 Å². The van der Waals surface area contributed by atoms with E-state index in [-0.39, 0.29) is 17.1 Å². The van der Waals surface area contributed by atoms with Crippen molar-refractivity contribution in [3.05, 3.63) is 11.5 Å². The van der Waals surface area contributed by atoms with Crippen LogP contribution in [0.5, 0.6) is 0 Å². The van der Waals surface area contributed by atoms with Gasteiger partial charge in [0, 0.05) is 5.41 Å². The Morgan fingerprint density at radius 2 is 1.58 bits per heavy atom. The van der Waals surface area contributed by atoms with Gasteiger partial charge < -0.3 is 0 Å². The van der Waals surface area contributed by atoms with Crippen molar-refractivity contribution in [2.75, 3.05) is 5.75 Å². The van der Waals surface area contributed by atoms with Gasteiger partial charge in [0.05, 0.1) is 5.75 Å². The normalized spacial score (nSPS) is 15.9. The molecule has 0 aromatic rings. The molecule has 3 heteroatoms. The predicted molar refractivity (Wildman–Crippen MR) is 84.9 cm³/mol. The number of hydrogen-bond acceptors (Lipinski definition) is 2. The molecule has 114 valence electrons. The highest BCUT2D eigenvalue weighted by Gasteiger charge is 2.24. The maximum absolute atomic E-state index is 12.0. The van der Waals surface area contributed by atoms with E-state index < -0.39 is 9.84 Å². The second-order valence-electron chi connectivity index (χ2n) is 7.92. The van der Waals surface area contributed by atoms with Gasteiger partial charge in [0.1, 0.15) is 0 Å². The average molecular weight is 288 g/mol. The SMILES string of the molecule is C[C@@H](CS(=O)(=O)/C=C/CCCC(C)(C)C)C(C)(C)C. The van der Waals surface area contributed by atoms with Gasteiger partial charge in [0.15, 0.2) is 9.84 Å². The zero-order valence-electron chi connectivity index (χ0n) is 13.8. The Balaban J connectivity index is 4.24. The molecule has 2 nitrogen and oxygen atoms in total. The van der Waals surface area contributed by atoms with E-state index in [1.807, 2.05) is 13.0 Å². The van der Waals surface area contributed by atoms with E-state index in [0.717, 1.165) is 19.3 Å². The molecule has 0 radical (unpaired) electrons. The molecule has 0 aliphatic heterocycles. The van der Waals surface area contributed by atoms with Crippen LogP contribution in [-0.2, 0) is 9.84 Å². The fourth-order valence-electron chi connectivity index (χ4n) is 1.62. The molecule has 0 unspecified atom stereocenters. The molecule has 0 aliphatic carbocycles. The van der Waals surface area contributed by atoms with E-state index in [2.05, 4.69) is 41.5 Å². The van der Waals surface area contributed by atoms with Crippen molar-refractivity contribution in [1.82, 2.24) is 0 Å². The van der Waals surface area contributed by atoms with Gasteiger partial charge in [-0.15, -0.1) is 0 Å². The van der Waals surface area contributed by atoms with Crippen LogP contribution in [0.1, 0.15) is 67.7 Å². The summed E-state index contributed by atoms with van der Waals surface area (Å²) in [5.41, 5.74) is 0.362. The number of sulfone groups is 1. The first kappa shape index (κ1) is 18.7. The summed E-state index contributed by atoms with van der Waals surface area (Å²) in [7, 11) is -3.06. The first-order chi connectivity index (χ1) is 8.33. The number of rotatable bonds is 6. The Morgan fingerprint density at radius 1 is 1.05 bits per heavy atom. The lowest BCUT2D eigenvalue weighted by Crippen LogP contribution is -2.24. The largest absolute Gasteiger partial charge is 0.224 e. The summed E-state index contributed by atoms with van der Waals surface area (Å²) < 4.78 is 23.9. The minimum absolute atomic E-state index is 0.0349. The molecule has 0 fully saturated rings. The Bertz CT molecular complexity index is 378. The van der Waals surface area contributed by atoms with Gasteiger partial charge in [-0.25, -0.2) is 8.42 Å². The molecule has 0 aromatic carbocycles. The van der Waals surface area contributed by atoms with Crippen molar-refractivity contribution in [3.63, 3.8) is 0 Å². The van der Waals surface area contributed by atoms with E-state index in [4.69, 9.17) is 0 Å². The Hall–Kier alpha value is -0.310. The summed E-state index contributed by atoms with van der Waals surface area (Å²) in [6.07, 6.45) is 4.83. The summed E-state index contributed by atoms with van der Waals surface area (Å²) in [4.78, 5) is 0. The summed E-state index contributed by atoms with van der Waals surface area (Å²) in [5, 5.41) is 1.41. The monoisotopic (exact) mass is 288 g/mol. The van der Waals surface area contributed by atoms with Crippen LogP contribution in [0, 0.1) is 16.7 Å². The molecule has 19 heavy (non-hydrogen) atoms. The molecule has 0 saturated carbocycles. The van der Waals surface area contributed by atoms with E-state index >= 15 is 0 Å². The zero-order chi connectivity index (χ0) is 15.3. The quantitative estimate of drug-likeness (QED) is 0.657. The van der Waals surface area contributed by atoms with Crippen LogP contribution in [-0.4, -0.2) is 14.2 Å². The third-order valence-corrected chi connectivity index (χ3v) is 5.13. The molecule has 0 aliphatic rings. The fraction of sp³-hybridized carbons (Fsp3) is 0.875. The van der Waals surface area contributed by atoms with Crippen LogP contribution in [0.3, 0.4) is 0 Å². The Kier molecular flexibility index (Phi) is 6.80. The maximum atomic E-state index is 12.0. The zero-order valence-corrected chi connectivity index (χ0v) is 14.6. The van der Waals surface area contributed by atoms with Crippen molar-refractivity contribution in [3.8, 4) is 0 Å². The summed E-state index contributed by atoms with van der Waals surface area (Å²) in [5.74, 6) is 0.406. The lowest BCUT2D eigenvalue weighted by atomic mass is 9.83. The summed E-state index contributed by atoms with van der Waals surface area (Å²) >= 11 is 0. The average Bonchev–Trinajstić information content (AvgIpc) is 2.12. The van der Waals surface area contributed by atoms with Crippen molar-refractivity contribution in [2.45, 2.75) is 67.7 Å². The highest BCUT2D eigenvalue weighted by atomic mass is 32.2. The van der Waals surface area contributed by atoms with Gasteiger partial charge >= 0.3 is 0 Å². The van der Waals surface area contributed by atoms with E-state index in [1.165, 1.54) is 5.41 Å². The summed E-state index contributed by atoms with van der Waals surface area (Å²) in [6, 6.07) is 0. The van der Waals surface area contributed by atoms with Crippen LogP contribution in [0.2, 0.25) is 0 Å². The number of allylic oxidation sites excluding steroid dienone is 1. The lowest BCUT2D eigenvalue weighted by molar-refractivity contribution is 0.285. The molecule has 1 atom stereocenters. The predicted octanol–water partition coefficient (Wildman–Crippen LogP) is 4.81. The molecule has 0 rings (SSSR count). The maximum Gasteiger partial charge on any atom is 0.171 e. The van der Waals surface area contributed by atoms with Crippen molar-refractivity contribution >= 4 is 9.84 Å². The Morgan fingerprint density at radius 3 is 2.00 bits per heavy atom. The van der Waals surface area contributed by atoms with Crippen LogP contribution >= 0.6 is 0 Å². The van der Waals surface area contributed by atoms with Gasteiger partial charge in [-0.1, -0.05) is 54.5 Å². The highest BCUT2D eigenvalue weighted by molar-refractivity contribution is 7.94. The number of hydrogen-bond donors (Lipinski definition) is 0. The van der Waals surface area contributed by atoms with Crippen molar-refractivity contribution in [2.24, 2.45) is 16.7 Å². The van der Waals surface area contributed by atoms with Crippen molar-refractivity contribution < 1.29 is 8.42 Å². The molecule has 0 N–H and O–H groups in total. The second kappa shape index (κ2) is 6.92. The standard InChI is InChI=1S/C16H32O2S/c1-14(16(5,6)7)13-19(17,18)12-10-8-9-11-15(2,3)4/h10,12,14H,8-9,11,13H2,1-7H3/b12-10+/t14-/m0/s1. The first-order valence-electron chi connectivity index (χ1n) is 7.23. The van der Waals surface area contributed by atoms with Gasteiger partial charge in [0.2, 0.25) is 0 Å². The first-order valence-corrected chi connectivity index (χ1v) is 8.94. The number of unbranched alkanes of at least 4 members (excludes halogenated alkanes) is 1. The van der Waals surface area contributed by atoms with Crippen LogP contribution in [0.25, 0.3) is 0 Å². The van der Waals surface area contributed by atoms with Gasteiger partial charge in [-0.3, -0.25) is 0 Å². The molecular weight excluding hydrogens is 256 g/mol. The molecule has 0 heterocycles. The molecule has 0 amide bonds. The lowest BCUT2D eigenvalue weighted by Gasteiger charge is -2.26. The molecule has 0 bridgehead atoms. The van der Waals surface area contributed by atoms with E-state index in [0.29, 0.717) is 5.41 Å². The Labute approximate surface area is 120 Å².